The number of nitrogens with one attached hydrogen (secondary N) is 1. The average molecular weight is 201 g/mol. The van der Waals surface area contributed by atoms with Gasteiger partial charge in [0.25, 0.3) is 0 Å². The van der Waals surface area contributed by atoms with Gasteiger partial charge < -0.3 is 15.2 Å². The summed E-state index contributed by atoms with van der Waals surface area (Å²) in [5.41, 5.74) is 0. The molecule has 1 heterocycles. The zero-order valence-corrected chi connectivity index (χ0v) is 9.33. The third-order valence-corrected chi connectivity index (χ3v) is 3.11. The summed E-state index contributed by atoms with van der Waals surface area (Å²) >= 11 is 0. The average Bonchev–Trinajstić information content (AvgIpc) is 2.69. The van der Waals surface area contributed by atoms with E-state index in [-0.39, 0.29) is 6.10 Å². The molecule has 0 aliphatic carbocycles. The Labute approximate surface area is 86.8 Å². The van der Waals surface area contributed by atoms with Crippen molar-refractivity contribution in [2.45, 2.75) is 32.8 Å². The van der Waals surface area contributed by atoms with Crippen LogP contribution in [0.15, 0.2) is 0 Å². The van der Waals surface area contributed by atoms with Gasteiger partial charge in [-0.05, 0) is 18.3 Å². The van der Waals surface area contributed by atoms with Crippen molar-refractivity contribution in [2.75, 3.05) is 26.3 Å². The summed E-state index contributed by atoms with van der Waals surface area (Å²) in [4.78, 5) is 0. The van der Waals surface area contributed by atoms with Crippen LogP contribution in [0.5, 0.6) is 0 Å². The second-order valence-corrected chi connectivity index (χ2v) is 4.34. The normalized spacial score (nSPS) is 26.4. The summed E-state index contributed by atoms with van der Waals surface area (Å²) in [7, 11) is 0. The Bertz CT molecular complexity index is 146. The minimum atomic E-state index is -0.206. The van der Waals surface area contributed by atoms with Gasteiger partial charge >= 0.3 is 0 Å². The molecule has 1 fully saturated rings. The maximum absolute atomic E-state index is 9.70. The Morgan fingerprint density at radius 1 is 1.57 bits per heavy atom. The van der Waals surface area contributed by atoms with E-state index in [0.29, 0.717) is 18.4 Å². The van der Waals surface area contributed by atoms with E-state index in [1.165, 1.54) is 0 Å². The van der Waals surface area contributed by atoms with Crippen LogP contribution in [0.1, 0.15) is 26.7 Å². The first kappa shape index (κ1) is 12.0. The summed E-state index contributed by atoms with van der Waals surface area (Å²) in [6, 6.07) is 0. The Balaban J connectivity index is 2.02. The van der Waals surface area contributed by atoms with Crippen LogP contribution < -0.4 is 5.32 Å². The van der Waals surface area contributed by atoms with Crippen LogP contribution in [0.2, 0.25) is 0 Å². The molecule has 3 atom stereocenters. The number of ether oxygens (including phenoxy) is 1. The highest BCUT2D eigenvalue weighted by Gasteiger charge is 2.16. The van der Waals surface area contributed by atoms with E-state index in [0.717, 1.165) is 32.6 Å². The van der Waals surface area contributed by atoms with Gasteiger partial charge in [-0.3, -0.25) is 0 Å². The molecule has 0 bridgehead atoms. The molecule has 1 aliphatic rings. The standard InChI is InChI=1S/C11H23NO2/c1-3-9(2)11(13)7-12-6-10-4-5-14-8-10/h9-13H,3-8H2,1-2H3. The largest absolute Gasteiger partial charge is 0.392 e. The van der Waals surface area contributed by atoms with Crippen molar-refractivity contribution in [3.05, 3.63) is 0 Å². The molecule has 0 aromatic carbocycles. The molecule has 1 aliphatic heterocycles. The highest BCUT2D eigenvalue weighted by Crippen LogP contribution is 2.11. The van der Waals surface area contributed by atoms with E-state index in [9.17, 15) is 5.11 Å². The predicted molar refractivity (Wildman–Crippen MR) is 57.3 cm³/mol. The third-order valence-electron chi connectivity index (χ3n) is 3.11. The van der Waals surface area contributed by atoms with Crippen LogP contribution in [-0.4, -0.2) is 37.5 Å². The molecule has 3 unspecified atom stereocenters. The first-order valence-electron chi connectivity index (χ1n) is 5.70. The van der Waals surface area contributed by atoms with E-state index < -0.39 is 0 Å². The lowest BCUT2D eigenvalue weighted by molar-refractivity contribution is 0.111. The summed E-state index contributed by atoms with van der Waals surface area (Å²) < 4.78 is 5.28. The monoisotopic (exact) mass is 201 g/mol. The fourth-order valence-corrected chi connectivity index (χ4v) is 1.65. The maximum Gasteiger partial charge on any atom is 0.0689 e. The van der Waals surface area contributed by atoms with Crippen LogP contribution in [0.3, 0.4) is 0 Å². The first-order chi connectivity index (χ1) is 6.74. The van der Waals surface area contributed by atoms with E-state index in [2.05, 4.69) is 19.2 Å². The lowest BCUT2D eigenvalue weighted by atomic mass is 10.0. The fraction of sp³-hybridized carbons (Fsp3) is 1.00. The van der Waals surface area contributed by atoms with Gasteiger partial charge in [-0.25, -0.2) is 0 Å². The van der Waals surface area contributed by atoms with Crippen molar-refractivity contribution in [2.24, 2.45) is 11.8 Å². The van der Waals surface area contributed by atoms with E-state index in [1.54, 1.807) is 0 Å². The second-order valence-electron chi connectivity index (χ2n) is 4.34. The van der Waals surface area contributed by atoms with Crippen molar-refractivity contribution in [1.82, 2.24) is 5.32 Å². The zero-order chi connectivity index (χ0) is 10.4. The van der Waals surface area contributed by atoms with Crippen molar-refractivity contribution >= 4 is 0 Å². The Hall–Kier alpha value is -0.120. The molecule has 3 heteroatoms. The molecule has 3 nitrogen and oxygen atoms in total. The Kier molecular flexibility index (Phi) is 5.45. The summed E-state index contributed by atoms with van der Waals surface area (Å²) in [6.45, 7) is 7.68. The molecule has 0 amide bonds. The molecule has 1 saturated heterocycles. The molecule has 14 heavy (non-hydrogen) atoms. The SMILES string of the molecule is CCC(C)C(O)CNCC1CCOC1. The van der Waals surface area contributed by atoms with Gasteiger partial charge in [0, 0.05) is 19.7 Å². The van der Waals surface area contributed by atoms with Crippen molar-refractivity contribution in [3.63, 3.8) is 0 Å². The summed E-state index contributed by atoms with van der Waals surface area (Å²) in [5.74, 6) is 1.04. The molecule has 0 aromatic heterocycles. The van der Waals surface area contributed by atoms with Crippen LogP contribution >= 0.6 is 0 Å². The molecule has 0 spiro atoms. The summed E-state index contributed by atoms with van der Waals surface area (Å²) in [6.07, 6.45) is 1.99. The molecule has 84 valence electrons. The molecular weight excluding hydrogens is 178 g/mol. The maximum atomic E-state index is 9.70. The first-order valence-corrected chi connectivity index (χ1v) is 5.70. The molecule has 0 aromatic rings. The number of hydrogen-bond acceptors (Lipinski definition) is 3. The van der Waals surface area contributed by atoms with Crippen LogP contribution in [-0.2, 0) is 4.74 Å². The topological polar surface area (TPSA) is 41.5 Å². The Morgan fingerprint density at radius 3 is 2.93 bits per heavy atom. The smallest absolute Gasteiger partial charge is 0.0689 e. The lowest BCUT2D eigenvalue weighted by Crippen LogP contribution is -2.34. The van der Waals surface area contributed by atoms with Gasteiger partial charge in [-0.2, -0.15) is 0 Å². The lowest BCUT2D eigenvalue weighted by Gasteiger charge is -2.18. The number of hydrogen-bond donors (Lipinski definition) is 2. The van der Waals surface area contributed by atoms with E-state index in [4.69, 9.17) is 4.74 Å². The molecule has 2 N–H and O–H groups in total. The van der Waals surface area contributed by atoms with Gasteiger partial charge in [0.2, 0.25) is 0 Å². The minimum Gasteiger partial charge on any atom is -0.392 e. The quantitative estimate of drug-likeness (QED) is 0.674. The molecular formula is C11H23NO2. The van der Waals surface area contributed by atoms with E-state index >= 15 is 0 Å². The van der Waals surface area contributed by atoms with E-state index in [1.807, 2.05) is 0 Å². The highest BCUT2D eigenvalue weighted by atomic mass is 16.5. The van der Waals surface area contributed by atoms with Crippen molar-refractivity contribution in [3.8, 4) is 0 Å². The minimum absolute atomic E-state index is 0.206. The van der Waals surface area contributed by atoms with Gasteiger partial charge in [0.1, 0.15) is 0 Å². The molecule has 1 rings (SSSR count). The van der Waals surface area contributed by atoms with Crippen molar-refractivity contribution in [1.29, 1.82) is 0 Å². The number of aliphatic hydroxyl groups is 1. The van der Waals surface area contributed by atoms with Crippen LogP contribution in [0, 0.1) is 11.8 Å². The second kappa shape index (κ2) is 6.38. The summed E-state index contributed by atoms with van der Waals surface area (Å²) in [5, 5.41) is 13.0. The van der Waals surface area contributed by atoms with Gasteiger partial charge in [-0.15, -0.1) is 0 Å². The highest BCUT2D eigenvalue weighted by molar-refractivity contribution is 4.70. The third kappa shape index (κ3) is 3.95. The predicted octanol–water partition coefficient (Wildman–Crippen LogP) is 1.02. The van der Waals surface area contributed by atoms with Crippen LogP contribution in [0.25, 0.3) is 0 Å². The molecule has 0 radical (unpaired) electrons. The van der Waals surface area contributed by atoms with Gasteiger partial charge in [0.05, 0.1) is 12.7 Å². The number of rotatable bonds is 6. The van der Waals surface area contributed by atoms with Crippen LogP contribution in [0.4, 0.5) is 0 Å². The molecule has 0 saturated carbocycles. The van der Waals surface area contributed by atoms with Crippen molar-refractivity contribution < 1.29 is 9.84 Å². The number of aliphatic hydroxyl groups excluding tert-OH is 1. The zero-order valence-electron chi connectivity index (χ0n) is 9.33. The van der Waals surface area contributed by atoms with Gasteiger partial charge in [-0.1, -0.05) is 20.3 Å². The Morgan fingerprint density at radius 2 is 2.36 bits per heavy atom. The van der Waals surface area contributed by atoms with Gasteiger partial charge in [0.15, 0.2) is 0 Å². The fourth-order valence-electron chi connectivity index (χ4n) is 1.65.